The molecule has 1 aliphatic carbocycles. The molecule has 1 aliphatic heterocycles. The Morgan fingerprint density at radius 2 is 1.86 bits per heavy atom. The van der Waals surface area contributed by atoms with Gasteiger partial charge in [0.25, 0.3) is 0 Å². The molecule has 2 aliphatic rings. The molecular formula is C31H32F4N2O6. The van der Waals surface area contributed by atoms with Crippen LogP contribution in [0.3, 0.4) is 0 Å². The Hall–Kier alpha value is -3.74. The Bertz CT molecular complexity index is 1510. The summed E-state index contributed by atoms with van der Waals surface area (Å²) in [5.41, 5.74) is 1.94. The molecular weight excluding hydrogens is 572 g/mol. The lowest BCUT2D eigenvalue weighted by Crippen LogP contribution is -2.44. The Morgan fingerprint density at radius 3 is 2.47 bits per heavy atom. The molecule has 0 amide bonds. The van der Waals surface area contributed by atoms with Crippen molar-refractivity contribution in [1.29, 1.82) is 0 Å². The van der Waals surface area contributed by atoms with Gasteiger partial charge >= 0.3 is 6.18 Å². The zero-order valence-corrected chi connectivity index (χ0v) is 23.6. The average Bonchev–Trinajstić information content (AvgIpc) is 3.78. The first-order chi connectivity index (χ1) is 20.3. The minimum atomic E-state index is -5.22. The van der Waals surface area contributed by atoms with Crippen LogP contribution in [-0.2, 0) is 11.1 Å². The Morgan fingerprint density at radius 1 is 1.16 bits per heavy atom. The fourth-order valence-electron chi connectivity index (χ4n) is 5.27. The number of halogens is 4. The Labute approximate surface area is 245 Å². The van der Waals surface area contributed by atoms with Gasteiger partial charge in [0.1, 0.15) is 24.7 Å². The number of rotatable bonds is 11. The van der Waals surface area contributed by atoms with Crippen LogP contribution in [0, 0.1) is 11.7 Å². The lowest BCUT2D eigenvalue weighted by atomic mass is 9.83. The van der Waals surface area contributed by atoms with E-state index >= 15 is 0 Å². The summed E-state index contributed by atoms with van der Waals surface area (Å²) in [4.78, 5) is 17.3. The quantitative estimate of drug-likeness (QED) is 0.206. The molecule has 1 saturated carbocycles. The number of hydrogen-bond donors (Lipinski definition) is 3. The number of nitrogens with zero attached hydrogens (tertiary/aromatic N) is 1. The van der Waals surface area contributed by atoms with E-state index in [4.69, 9.17) is 19.9 Å². The van der Waals surface area contributed by atoms with E-state index in [0.29, 0.717) is 0 Å². The minimum Gasteiger partial charge on any atom is -0.493 e. The standard InChI is InChI=1S/C31H32F4N2O6/c1-17(38)15-42-24-10-5-19(13-25(24)41-2)23(39)11-12-30(40,31(33,34)35)26-14-22-28(43-16-29(22,36)20-6-7-20)27(37-26)18-3-8-21(32)9-4-18/h3-5,8-10,13-14,17,20,38,40H,6-7,11-12,15-16,36H2,1-2H3/t17-,29+,30-/m1/s1. The van der Waals surface area contributed by atoms with Crippen LogP contribution >= 0.6 is 0 Å². The number of aromatic nitrogens is 1. The van der Waals surface area contributed by atoms with Crippen LogP contribution in [-0.4, -0.2) is 53.6 Å². The molecule has 3 atom stereocenters. The molecule has 0 bridgehead atoms. The van der Waals surface area contributed by atoms with Crippen LogP contribution in [0.2, 0.25) is 0 Å². The predicted molar refractivity (Wildman–Crippen MR) is 147 cm³/mol. The first-order valence-electron chi connectivity index (χ1n) is 13.8. The second kappa shape index (κ2) is 11.4. The molecule has 8 nitrogen and oxygen atoms in total. The maximum atomic E-state index is 14.7. The highest BCUT2D eigenvalue weighted by Gasteiger charge is 2.58. The Balaban J connectivity index is 1.50. The van der Waals surface area contributed by atoms with Crippen molar-refractivity contribution < 1.29 is 46.8 Å². The number of fused-ring (bicyclic) bond motifs is 1. The number of carbonyl (C=O) groups is 1. The van der Waals surface area contributed by atoms with E-state index in [-0.39, 0.29) is 58.8 Å². The summed E-state index contributed by atoms with van der Waals surface area (Å²) < 4.78 is 74.3. The maximum absolute atomic E-state index is 14.7. The van der Waals surface area contributed by atoms with Gasteiger partial charge in [0, 0.05) is 23.1 Å². The molecule has 3 aromatic rings. The molecule has 0 unspecified atom stereocenters. The van der Waals surface area contributed by atoms with Crippen LogP contribution in [0.4, 0.5) is 17.6 Å². The van der Waals surface area contributed by atoms with E-state index in [1.54, 1.807) is 0 Å². The topological polar surface area (TPSA) is 124 Å². The molecule has 0 saturated heterocycles. The normalized spacial score (nSPS) is 20.1. The molecule has 4 N–H and O–H groups in total. The van der Waals surface area contributed by atoms with E-state index in [9.17, 15) is 32.6 Å². The Kier molecular flexibility index (Phi) is 8.14. The van der Waals surface area contributed by atoms with Crippen molar-refractivity contribution in [2.24, 2.45) is 11.7 Å². The number of Topliss-reactive ketones (excluding diaryl/α,β-unsaturated/α-hetero) is 1. The number of alkyl halides is 3. The largest absolute Gasteiger partial charge is 0.493 e. The van der Waals surface area contributed by atoms with Crippen molar-refractivity contribution in [3.05, 3.63) is 71.2 Å². The number of benzene rings is 2. The highest BCUT2D eigenvalue weighted by Crippen LogP contribution is 2.54. The molecule has 0 radical (unpaired) electrons. The second-order valence-corrected chi connectivity index (χ2v) is 11.1. The number of nitrogens with two attached hydrogens (primary N) is 1. The van der Waals surface area contributed by atoms with Crippen molar-refractivity contribution in [3.63, 3.8) is 0 Å². The van der Waals surface area contributed by atoms with E-state index in [1.807, 2.05) is 0 Å². The average molecular weight is 605 g/mol. The molecule has 5 rings (SSSR count). The summed E-state index contributed by atoms with van der Waals surface area (Å²) in [6, 6.07) is 10.2. The van der Waals surface area contributed by atoms with E-state index < -0.39 is 53.6 Å². The number of aliphatic hydroxyl groups excluding tert-OH is 1. The molecule has 0 spiro atoms. The monoisotopic (exact) mass is 604 g/mol. The van der Waals surface area contributed by atoms with Gasteiger partial charge in [-0.2, -0.15) is 13.2 Å². The van der Waals surface area contributed by atoms with Gasteiger partial charge in [-0.1, -0.05) is 0 Å². The third-order valence-corrected chi connectivity index (χ3v) is 7.93. The number of carbonyl (C=O) groups excluding carboxylic acids is 1. The number of aliphatic hydroxyl groups is 2. The highest BCUT2D eigenvalue weighted by molar-refractivity contribution is 5.96. The van der Waals surface area contributed by atoms with Gasteiger partial charge in [-0.25, -0.2) is 9.37 Å². The summed E-state index contributed by atoms with van der Waals surface area (Å²) in [5.74, 6) is -0.666. The van der Waals surface area contributed by atoms with Crippen molar-refractivity contribution in [2.45, 2.75) is 56.0 Å². The summed E-state index contributed by atoms with van der Waals surface area (Å²) >= 11 is 0. The number of hydrogen-bond acceptors (Lipinski definition) is 8. The molecule has 43 heavy (non-hydrogen) atoms. The number of methoxy groups -OCH3 is 1. The van der Waals surface area contributed by atoms with Crippen molar-refractivity contribution >= 4 is 5.78 Å². The second-order valence-electron chi connectivity index (χ2n) is 11.1. The lowest BCUT2D eigenvalue weighted by Gasteiger charge is -2.31. The summed E-state index contributed by atoms with van der Waals surface area (Å²) in [6.07, 6.45) is -6.16. The fraction of sp³-hybridized carbons (Fsp3) is 0.419. The van der Waals surface area contributed by atoms with Crippen LogP contribution < -0.4 is 19.9 Å². The maximum Gasteiger partial charge on any atom is 0.422 e. The minimum absolute atomic E-state index is 0.00741. The predicted octanol–water partition coefficient (Wildman–Crippen LogP) is 5.03. The van der Waals surface area contributed by atoms with E-state index in [2.05, 4.69) is 4.98 Å². The molecule has 1 fully saturated rings. The van der Waals surface area contributed by atoms with Gasteiger partial charge in [-0.05, 0) is 80.6 Å². The first-order valence-corrected chi connectivity index (χ1v) is 13.8. The van der Waals surface area contributed by atoms with Crippen molar-refractivity contribution in [3.8, 4) is 28.5 Å². The molecule has 2 heterocycles. The van der Waals surface area contributed by atoms with Gasteiger partial charge in [0.2, 0.25) is 5.60 Å². The van der Waals surface area contributed by atoms with Crippen LogP contribution in [0.15, 0.2) is 48.5 Å². The van der Waals surface area contributed by atoms with E-state index in [0.717, 1.165) is 31.0 Å². The number of ether oxygens (including phenoxy) is 3. The van der Waals surface area contributed by atoms with Crippen LogP contribution in [0.1, 0.15) is 54.2 Å². The molecule has 1 aromatic heterocycles. The smallest absolute Gasteiger partial charge is 0.422 e. The molecule has 230 valence electrons. The third-order valence-electron chi connectivity index (χ3n) is 7.93. The first kappa shape index (κ1) is 30.7. The van der Waals surface area contributed by atoms with Gasteiger partial charge in [-0.15, -0.1) is 0 Å². The lowest BCUT2D eigenvalue weighted by molar-refractivity contribution is -0.270. The molecule has 2 aromatic carbocycles. The zero-order valence-electron chi connectivity index (χ0n) is 23.6. The number of ketones is 1. The zero-order chi connectivity index (χ0) is 31.2. The van der Waals surface area contributed by atoms with Gasteiger partial charge in [0.05, 0.1) is 24.4 Å². The fourth-order valence-corrected chi connectivity index (χ4v) is 5.27. The molecule has 12 heteroatoms. The van der Waals surface area contributed by atoms with Gasteiger partial charge in [-0.3, -0.25) is 4.79 Å². The third kappa shape index (κ3) is 5.91. The summed E-state index contributed by atoms with van der Waals surface area (Å²) in [7, 11) is 1.34. The van der Waals surface area contributed by atoms with Crippen LogP contribution in [0.5, 0.6) is 17.2 Å². The van der Waals surface area contributed by atoms with Crippen LogP contribution in [0.25, 0.3) is 11.3 Å². The van der Waals surface area contributed by atoms with Gasteiger partial charge < -0.3 is 30.2 Å². The van der Waals surface area contributed by atoms with E-state index in [1.165, 1.54) is 44.4 Å². The summed E-state index contributed by atoms with van der Waals surface area (Å²) in [5, 5.41) is 20.8. The highest BCUT2D eigenvalue weighted by atomic mass is 19.4. The SMILES string of the molecule is COc1cc(C(=O)CC[C@@](O)(c2cc3c(c(-c4ccc(F)cc4)n2)OC[C@]3(N)C2CC2)C(F)(F)F)ccc1OC[C@@H](C)O. The van der Waals surface area contributed by atoms with Gasteiger partial charge in [0.15, 0.2) is 23.0 Å². The summed E-state index contributed by atoms with van der Waals surface area (Å²) in [6.45, 7) is 1.51. The van der Waals surface area contributed by atoms with Crippen molar-refractivity contribution in [2.75, 3.05) is 20.3 Å². The number of pyridine rings is 1. The van der Waals surface area contributed by atoms with Crippen molar-refractivity contribution in [1.82, 2.24) is 4.98 Å².